The summed E-state index contributed by atoms with van der Waals surface area (Å²) in [5.74, 6) is -3.23. The van der Waals surface area contributed by atoms with Gasteiger partial charge in [0.15, 0.2) is 11.6 Å². The highest BCUT2D eigenvalue weighted by Gasteiger charge is 2.30. The molecule has 0 aliphatic heterocycles. The third-order valence-electron chi connectivity index (χ3n) is 3.25. The highest BCUT2D eigenvalue weighted by atomic mass is 19.2. The second-order valence-electron chi connectivity index (χ2n) is 5.06. The molecular weight excluding hydrogens is 268 g/mol. The average Bonchev–Trinajstić information content (AvgIpc) is 3.17. The summed E-state index contributed by atoms with van der Waals surface area (Å²) in [4.78, 5) is 22.8. The van der Waals surface area contributed by atoms with E-state index in [0.29, 0.717) is 17.9 Å². The fraction of sp³-hybridized carbons (Fsp3) is 0.429. The first kappa shape index (κ1) is 14.4. The van der Waals surface area contributed by atoms with Gasteiger partial charge in [0.2, 0.25) is 5.91 Å². The number of rotatable bonds is 6. The van der Waals surface area contributed by atoms with Gasteiger partial charge in [-0.2, -0.15) is 0 Å². The number of carboxylic acids is 1. The van der Waals surface area contributed by atoms with Crippen LogP contribution in [0.3, 0.4) is 0 Å². The van der Waals surface area contributed by atoms with E-state index in [1.54, 1.807) is 0 Å². The topological polar surface area (TPSA) is 66.4 Å². The van der Waals surface area contributed by atoms with Gasteiger partial charge in [-0.1, -0.05) is 18.9 Å². The van der Waals surface area contributed by atoms with Crippen molar-refractivity contribution in [3.63, 3.8) is 0 Å². The molecule has 1 aliphatic carbocycles. The first-order valence-corrected chi connectivity index (χ1v) is 6.42. The van der Waals surface area contributed by atoms with Gasteiger partial charge in [-0.05, 0) is 30.0 Å². The minimum absolute atomic E-state index is 0.175. The van der Waals surface area contributed by atoms with E-state index in [-0.39, 0.29) is 6.42 Å². The summed E-state index contributed by atoms with van der Waals surface area (Å²) < 4.78 is 25.7. The van der Waals surface area contributed by atoms with E-state index in [1.807, 2.05) is 0 Å². The Balaban J connectivity index is 1.92. The number of nitrogens with one attached hydrogen (secondary N) is 1. The van der Waals surface area contributed by atoms with Gasteiger partial charge in [-0.3, -0.25) is 4.79 Å². The van der Waals surface area contributed by atoms with E-state index in [9.17, 15) is 18.4 Å². The van der Waals surface area contributed by atoms with Crippen LogP contribution in [0.15, 0.2) is 18.2 Å². The zero-order valence-electron chi connectivity index (χ0n) is 10.7. The molecule has 0 aromatic heterocycles. The van der Waals surface area contributed by atoms with Gasteiger partial charge >= 0.3 is 5.97 Å². The van der Waals surface area contributed by atoms with Crippen molar-refractivity contribution >= 4 is 11.9 Å². The molecule has 0 heterocycles. The average molecular weight is 283 g/mol. The maximum absolute atomic E-state index is 13.0. The van der Waals surface area contributed by atoms with Crippen LogP contribution in [-0.2, 0) is 16.0 Å². The number of aliphatic carboxylic acids is 1. The zero-order valence-corrected chi connectivity index (χ0v) is 10.7. The number of benzene rings is 1. The summed E-state index contributed by atoms with van der Waals surface area (Å²) in [6.45, 7) is 0. The highest BCUT2D eigenvalue weighted by molar-refractivity contribution is 5.84. The molecule has 1 aliphatic rings. The lowest BCUT2D eigenvalue weighted by atomic mass is 10.1. The summed E-state index contributed by atoms with van der Waals surface area (Å²) in [5, 5.41) is 11.4. The molecule has 1 saturated carbocycles. The molecule has 20 heavy (non-hydrogen) atoms. The molecule has 4 nitrogen and oxygen atoms in total. The van der Waals surface area contributed by atoms with Crippen molar-refractivity contribution in [2.45, 2.75) is 31.7 Å². The Labute approximate surface area is 114 Å². The van der Waals surface area contributed by atoms with Gasteiger partial charge in [-0.15, -0.1) is 0 Å². The number of hydrogen-bond acceptors (Lipinski definition) is 2. The smallest absolute Gasteiger partial charge is 0.326 e. The molecule has 2 N–H and O–H groups in total. The van der Waals surface area contributed by atoms with Gasteiger partial charge in [0, 0.05) is 0 Å². The zero-order chi connectivity index (χ0) is 14.7. The van der Waals surface area contributed by atoms with Crippen LogP contribution in [0, 0.1) is 17.6 Å². The Hall–Kier alpha value is -1.98. The largest absolute Gasteiger partial charge is 0.480 e. The molecular formula is C14H15F2NO3. The highest BCUT2D eigenvalue weighted by Crippen LogP contribution is 2.33. The molecule has 0 radical (unpaired) electrons. The van der Waals surface area contributed by atoms with Crippen LogP contribution >= 0.6 is 0 Å². The number of carboxylic acid groups (broad SMARTS) is 1. The van der Waals surface area contributed by atoms with Crippen LogP contribution in [-0.4, -0.2) is 23.0 Å². The molecule has 108 valence electrons. The molecule has 1 atom stereocenters. The normalized spacial score (nSPS) is 15.7. The van der Waals surface area contributed by atoms with Crippen molar-refractivity contribution in [1.29, 1.82) is 0 Å². The predicted octanol–water partition coefficient (Wildman–Crippen LogP) is 1.88. The summed E-state index contributed by atoms with van der Waals surface area (Å²) in [5.41, 5.74) is 0.303. The number of carbonyl (C=O) groups excluding carboxylic acids is 1. The lowest BCUT2D eigenvalue weighted by Gasteiger charge is -2.14. The van der Waals surface area contributed by atoms with Crippen molar-refractivity contribution < 1.29 is 23.5 Å². The van der Waals surface area contributed by atoms with Crippen LogP contribution in [0.1, 0.15) is 24.8 Å². The first-order chi connectivity index (χ1) is 9.45. The van der Waals surface area contributed by atoms with Crippen molar-refractivity contribution in [2.75, 3.05) is 0 Å². The third kappa shape index (κ3) is 4.01. The summed E-state index contributed by atoms with van der Waals surface area (Å²) >= 11 is 0. The van der Waals surface area contributed by atoms with E-state index in [0.717, 1.165) is 25.0 Å². The van der Waals surface area contributed by atoms with E-state index in [4.69, 9.17) is 5.11 Å². The minimum atomic E-state index is -1.07. The lowest BCUT2D eigenvalue weighted by Crippen LogP contribution is -2.41. The first-order valence-electron chi connectivity index (χ1n) is 6.42. The van der Waals surface area contributed by atoms with Gasteiger partial charge in [0.05, 0.1) is 6.42 Å². The summed E-state index contributed by atoms with van der Waals surface area (Å²) in [7, 11) is 0. The van der Waals surface area contributed by atoms with Crippen molar-refractivity contribution in [3.8, 4) is 0 Å². The minimum Gasteiger partial charge on any atom is -0.480 e. The van der Waals surface area contributed by atoms with Crippen LogP contribution in [0.2, 0.25) is 0 Å². The maximum Gasteiger partial charge on any atom is 0.326 e. The lowest BCUT2D eigenvalue weighted by molar-refractivity contribution is -0.142. The molecule has 6 heteroatoms. The molecule has 1 fully saturated rings. The second kappa shape index (κ2) is 5.98. The number of halogens is 2. The number of carbonyl (C=O) groups is 2. The summed E-state index contributed by atoms with van der Waals surface area (Å²) in [6, 6.07) is 2.26. The third-order valence-corrected chi connectivity index (χ3v) is 3.25. The molecule has 0 saturated heterocycles. The SMILES string of the molecule is O=C(Cc1ccc(F)c(F)c1)N[C@H](CC1CC1)C(=O)O. The van der Waals surface area contributed by atoms with E-state index >= 15 is 0 Å². The van der Waals surface area contributed by atoms with Gasteiger partial charge in [0.1, 0.15) is 6.04 Å². The van der Waals surface area contributed by atoms with Crippen LogP contribution in [0.4, 0.5) is 8.78 Å². The van der Waals surface area contributed by atoms with Crippen LogP contribution in [0.25, 0.3) is 0 Å². The molecule has 0 spiro atoms. The van der Waals surface area contributed by atoms with Gasteiger partial charge in [0.25, 0.3) is 0 Å². The van der Waals surface area contributed by atoms with E-state index < -0.39 is 29.6 Å². The molecule has 0 bridgehead atoms. The van der Waals surface area contributed by atoms with Crippen molar-refractivity contribution in [2.24, 2.45) is 5.92 Å². The fourth-order valence-electron chi connectivity index (χ4n) is 1.99. The second-order valence-corrected chi connectivity index (χ2v) is 5.06. The van der Waals surface area contributed by atoms with E-state index in [2.05, 4.69) is 5.32 Å². The summed E-state index contributed by atoms with van der Waals surface area (Å²) in [6.07, 6.45) is 2.22. The molecule has 1 aromatic rings. The van der Waals surface area contributed by atoms with Gasteiger partial charge < -0.3 is 10.4 Å². The van der Waals surface area contributed by atoms with Gasteiger partial charge in [-0.25, -0.2) is 13.6 Å². The Morgan fingerprint density at radius 1 is 1.30 bits per heavy atom. The number of amides is 1. The standard InChI is InChI=1S/C14H15F2NO3/c15-10-4-3-9(5-11(10)16)7-13(18)17-12(14(19)20)6-8-1-2-8/h3-5,8,12H,1-2,6-7H2,(H,17,18)(H,19,20)/t12-/m1/s1. The van der Waals surface area contributed by atoms with Crippen LogP contribution in [0.5, 0.6) is 0 Å². The molecule has 1 amide bonds. The Bertz CT molecular complexity index is 529. The molecule has 2 rings (SSSR count). The van der Waals surface area contributed by atoms with Crippen molar-refractivity contribution in [1.82, 2.24) is 5.32 Å². The number of hydrogen-bond donors (Lipinski definition) is 2. The van der Waals surface area contributed by atoms with E-state index in [1.165, 1.54) is 6.07 Å². The quantitative estimate of drug-likeness (QED) is 0.837. The maximum atomic E-state index is 13.0. The van der Waals surface area contributed by atoms with Crippen molar-refractivity contribution in [3.05, 3.63) is 35.4 Å². The monoisotopic (exact) mass is 283 g/mol. The fourth-order valence-corrected chi connectivity index (χ4v) is 1.99. The van der Waals surface area contributed by atoms with Crippen LogP contribution < -0.4 is 5.32 Å². The Kier molecular flexibility index (Phi) is 4.32. The Morgan fingerprint density at radius 2 is 2.00 bits per heavy atom. The molecule has 1 aromatic carbocycles. The predicted molar refractivity (Wildman–Crippen MR) is 67.0 cm³/mol. The Morgan fingerprint density at radius 3 is 2.55 bits per heavy atom. The molecule has 0 unspecified atom stereocenters.